The minimum absolute atomic E-state index is 0.674. The number of methoxy groups -OCH3 is 2. The van der Waals surface area contributed by atoms with Crippen molar-refractivity contribution in [2.75, 3.05) is 25.3 Å². The van der Waals surface area contributed by atoms with E-state index in [1.54, 1.807) is 20.3 Å². The lowest BCUT2D eigenvalue weighted by molar-refractivity contribution is 0.414. The minimum Gasteiger partial charge on any atom is -0.497 e. The first-order chi connectivity index (χ1) is 9.21. The molecule has 0 aliphatic carbocycles. The third-order valence-electron chi connectivity index (χ3n) is 2.80. The second kappa shape index (κ2) is 6.00. The third kappa shape index (κ3) is 3.55. The summed E-state index contributed by atoms with van der Waals surface area (Å²) in [6.45, 7) is 0.698. The summed E-state index contributed by atoms with van der Waals surface area (Å²) in [5.41, 5.74) is 8.55. The molecule has 0 unspecified atom stereocenters. The fourth-order valence-electron chi connectivity index (χ4n) is 1.83. The summed E-state index contributed by atoms with van der Waals surface area (Å²) < 4.78 is 10.4. The Labute approximate surface area is 113 Å². The van der Waals surface area contributed by atoms with E-state index >= 15 is 0 Å². The van der Waals surface area contributed by atoms with Gasteiger partial charge in [0.15, 0.2) is 0 Å². The van der Waals surface area contributed by atoms with Crippen molar-refractivity contribution in [3.8, 4) is 11.5 Å². The summed E-state index contributed by atoms with van der Waals surface area (Å²) in [7, 11) is 3.29. The molecule has 0 fully saturated rings. The number of nitrogens with one attached hydrogen (secondary N) is 1. The average Bonchev–Trinajstić information content (AvgIpc) is 2.44. The highest BCUT2D eigenvalue weighted by molar-refractivity contribution is 5.59. The van der Waals surface area contributed by atoms with E-state index in [4.69, 9.17) is 15.2 Å². The maximum absolute atomic E-state index is 5.81. The van der Waals surface area contributed by atoms with Crippen molar-refractivity contribution in [2.24, 2.45) is 0 Å². The van der Waals surface area contributed by atoms with E-state index in [0.29, 0.717) is 12.2 Å². The quantitative estimate of drug-likeness (QED) is 0.810. The summed E-state index contributed by atoms with van der Waals surface area (Å²) in [5.74, 6) is 1.59. The van der Waals surface area contributed by atoms with Crippen LogP contribution in [-0.4, -0.2) is 14.2 Å². The Bertz CT molecular complexity index is 556. The maximum Gasteiger partial charge on any atom is 0.122 e. The Morgan fingerprint density at radius 2 is 1.79 bits per heavy atom. The molecule has 100 valence electrons. The van der Waals surface area contributed by atoms with Crippen LogP contribution in [0.5, 0.6) is 11.5 Å². The number of rotatable bonds is 5. The molecule has 0 aliphatic rings. The van der Waals surface area contributed by atoms with Crippen LogP contribution in [-0.2, 0) is 6.54 Å². The molecule has 0 amide bonds. The van der Waals surface area contributed by atoms with Gasteiger partial charge in [-0.2, -0.15) is 0 Å². The zero-order chi connectivity index (χ0) is 13.7. The molecule has 0 saturated heterocycles. The summed E-state index contributed by atoms with van der Waals surface area (Å²) in [5, 5.41) is 3.31. The largest absolute Gasteiger partial charge is 0.497 e. The molecule has 2 aromatic carbocycles. The molecule has 0 radical (unpaired) electrons. The van der Waals surface area contributed by atoms with Crippen molar-refractivity contribution in [1.82, 2.24) is 0 Å². The van der Waals surface area contributed by atoms with Crippen LogP contribution in [0.15, 0.2) is 42.5 Å². The minimum atomic E-state index is 0.674. The van der Waals surface area contributed by atoms with Crippen molar-refractivity contribution >= 4 is 11.4 Å². The summed E-state index contributed by atoms with van der Waals surface area (Å²) >= 11 is 0. The molecular formula is C15H18N2O2. The van der Waals surface area contributed by atoms with Gasteiger partial charge in [-0.3, -0.25) is 0 Å². The fraction of sp³-hybridized carbons (Fsp3) is 0.200. The van der Waals surface area contributed by atoms with Gasteiger partial charge < -0.3 is 20.5 Å². The van der Waals surface area contributed by atoms with Crippen LogP contribution in [0.2, 0.25) is 0 Å². The van der Waals surface area contributed by atoms with E-state index < -0.39 is 0 Å². The molecule has 0 saturated carbocycles. The van der Waals surface area contributed by atoms with Crippen LogP contribution in [0, 0.1) is 0 Å². The zero-order valence-corrected chi connectivity index (χ0v) is 11.1. The normalized spacial score (nSPS) is 10.0. The Hall–Kier alpha value is -2.36. The Morgan fingerprint density at radius 3 is 2.53 bits per heavy atom. The highest BCUT2D eigenvalue weighted by Gasteiger charge is 2.00. The van der Waals surface area contributed by atoms with E-state index in [9.17, 15) is 0 Å². The predicted molar refractivity (Wildman–Crippen MR) is 77.7 cm³/mol. The van der Waals surface area contributed by atoms with Crippen LogP contribution in [0.4, 0.5) is 11.4 Å². The van der Waals surface area contributed by atoms with E-state index in [0.717, 1.165) is 22.7 Å². The number of hydrogen-bond donors (Lipinski definition) is 2. The first-order valence-electron chi connectivity index (χ1n) is 6.02. The van der Waals surface area contributed by atoms with Crippen LogP contribution >= 0.6 is 0 Å². The number of anilines is 2. The van der Waals surface area contributed by atoms with Gasteiger partial charge in [-0.1, -0.05) is 12.1 Å². The molecule has 2 aromatic rings. The van der Waals surface area contributed by atoms with Crippen molar-refractivity contribution in [2.45, 2.75) is 6.54 Å². The number of hydrogen-bond acceptors (Lipinski definition) is 4. The standard InChI is InChI=1S/C15H18N2O2/c1-18-14-5-3-4-11(6-14)10-17-13-7-12(16)8-15(9-13)19-2/h3-9,17H,10,16H2,1-2H3. The molecular weight excluding hydrogens is 240 g/mol. The number of ether oxygens (including phenoxy) is 2. The zero-order valence-electron chi connectivity index (χ0n) is 11.1. The molecule has 0 heterocycles. The summed E-state index contributed by atoms with van der Waals surface area (Å²) in [6.07, 6.45) is 0. The average molecular weight is 258 g/mol. The number of nitrogen functional groups attached to an aromatic ring is 1. The molecule has 0 aliphatic heterocycles. The summed E-state index contributed by atoms with van der Waals surface area (Å²) in [4.78, 5) is 0. The molecule has 0 aromatic heterocycles. The lowest BCUT2D eigenvalue weighted by atomic mass is 10.2. The van der Waals surface area contributed by atoms with Crippen molar-refractivity contribution in [3.63, 3.8) is 0 Å². The maximum atomic E-state index is 5.81. The first-order valence-corrected chi connectivity index (χ1v) is 6.02. The van der Waals surface area contributed by atoms with Crippen molar-refractivity contribution < 1.29 is 9.47 Å². The third-order valence-corrected chi connectivity index (χ3v) is 2.80. The van der Waals surface area contributed by atoms with Gasteiger partial charge in [-0.15, -0.1) is 0 Å². The van der Waals surface area contributed by atoms with Crippen LogP contribution in [0.3, 0.4) is 0 Å². The molecule has 4 heteroatoms. The first kappa shape index (κ1) is 13.1. The monoisotopic (exact) mass is 258 g/mol. The van der Waals surface area contributed by atoms with E-state index in [1.165, 1.54) is 0 Å². The fourth-order valence-corrected chi connectivity index (χ4v) is 1.83. The van der Waals surface area contributed by atoms with Gasteiger partial charge in [0, 0.05) is 30.1 Å². The molecule has 2 rings (SSSR count). The second-order valence-corrected chi connectivity index (χ2v) is 4.20. The predicted octanol–water partition coefficient (Wildman–Crippen LogP) is 2.90. The molecule has 0 atom stereocenters. The Morgan fingerprint density at radius 1 is 1.00 bits per heavy atom. The number of benzene rings is 2. The van der Waals surface area contributed by atoms with Gasteiger partial charge in [-0.25, -0.2) is 0 Å². The van der Waals surface area contributed by atoms with Gasteiger partial charge in [0.2, 0.25) is 0 Å². The smallest absolute Gasteiger partial charge is 0.122 e. The topological polar surface area (TPSA) is 56.5 Å². The van der Waals surface area contributed by atoms with Gasteiger partial charge in [0.05, 0.1) is 14.2 Å². The van der Waals surface area contributed by atoms with Crippen molar-refractivity contribution in [1.29, 1.82) is 0 Å². The number of nitrogens with two attached hydrogens (primary N) is 1. The molecule has 19 heavy (non-hydrogen) atoms. The lowest BCUT2D eigenvalue weighted by Crippen LogP contribution is -2.01. The highest BCUT2D eigenvalue weighted by atomic mass is 16.5. The summed E-state index contributed by atoms with van der Waals surface area (Å²) in [6, 6.07) is 13.5. The van der Waals surface area contributed by atoms with E-state index in [-0.39, 0.29) is 0 Å². The van der Waals surface area contributed by atoms with Gasteiger partial charge in [0.25, 0.3) is 0 Å². The molecule has 0 bridgehead atoms. The van der Waals surface area contributed by atoms with E-state index in [1.807, 2.05) is 36.4 Å². The highest BCUT2D eigenvalue weighted by Crippen LogP contribution is 2.23. The van der Waals surface area contributed by atoms with Crippen LogP contribution < -0.4 is 20.5 Å². The van der Waals surface area contributed by atoms with E-state index in [2.05, 4.69) is 5.32 Å². The molecule has 4 nitrogen and oxygen atoms in total. The van der Waals surface area contributed by atoms with Crippen LogP contribution in [0.1, 0.15) is 5.56 Å². The lowest BCUT2D eigenvalue weighted by Gasteiger charge is -2.10. The second-order valence-electron chi connectivity index (χ2n) is 4.20. The van der Waals surface area contributed by atoms with Crippen molar-refractivity contribution in [3.05, 3.63) is 48.0 Å². The van der Waals surface area contributed by atoms with Gasteiger partial charge >= 0.3 is 0 Å². The van der Waals surface area contributed by atoms with Crippen LogP contribution in [0.25, 0.3) is 0 Å². The SMILES string of the molecule is COc1cccc(CNc2cc(N)cc(OC)c2)c1. The Kier molecular flexibility index (Phi) is 4.13. The molecule has 3 N–H and O–H groups in total. The Balaban J connectivity index is 2.07. The molecule has 0 spiro atoms. The van der Waals surface area contributed by atoms with Gasteiger partial charge in [0.1, 0.15) is 11.5 Å². The van der Waals surface area contributed by atoms with Gasteiger partial charge in [-0.05, 0) is 23.8 Å².